The summed E-state index contributed by atoms with van der Waals surface area (Å²) in [4.78, 5) is 13.1. The molecule has 1 aromatic heterocycles. The summed E-state index contributed by atoms with van der Waals surface area (Å²) >= 11 is 7.11. The number of thiophene rings is 1. The first-order valence-corrected chi connectivity index (χ1v) is 10.8. The van der Waals surface area contributed by atoms with Gasteiger partial charge in [-0.2, -0.15) is 0 Å². The molecule has 0 radical (unpaired) electrons. The van der Waals surface area contributed by atoms with Crippen LogP contribution in [0.3, 0.4) is 0 Å². The first kappa shape index (κ1) is 18.2. The van der Waals surface area contributed by atoms with Crippen molar-refractivity contribution in [1.29, 1.82) is 0 Å². The number of nitrogens with one attached hydrogen (secondary N) is 1. The molecule has 0 unspecified atom stereocenters. The zero-order valence-electron chi connectivity index (χ0n) is 13.8. The van der Waals surface area contributed by atoms with Crippen molar-refractivity contribution in [3.8, 4) is 0 Å². The van der Waals surface area contributed by atoms with Crippen molar-refractivity contribution in [2.24, 2.45) is 0 Å². The quantitative estimate of drug-likeness (QED) is 0.657. The lowest BCUT2D eigenvalue weighted by molar-refractivity contribution is -0.116. The van der Waals surface area contributed by atoms with Crippen LogP contribution < -0.4 is 5.32 Å². The molecule has 0 spiro atoms. The van der Waals surface area contributed by atoms with Crippen LogP contribution in [0.1, 0.15) is 22.8 Å². The van der Waals surface area contributed by atoms with Gasteiger partial charge < -0.3 is 5.32 Å². The predicted molar refractivity (Wildman–Crippen MR) is 103 cm³/mol. The van der Waals surface area contributed by atoms with E-state index < -0.39 is 9.84 Å². The molecule has 0 bridgehead atoms. The second-order valence-corrected chi connectivity index (χ2v) is 9.42. The highest BCUT2D eigenvalue weighted by atomic mass is 35.5. The van der Waals surface area contributed by atoms with Gasteiger partial charge in [-0.25, -0.2) is 12.8 Å². The molecule has 4 rings (SSSR count). The maximum Gasteiger partial charge on any atom is 0.225 e. The Hall–Kier alpha value is -2.22. The van der Waals surface area contributed by atoms with Gasteiger partial charge in [0.05, 0.1) is 10.6 Å². The second kappa shape index (κ2) is 6.74. The van der Waals surface area contributed by atoms with E-state index in [0.29, 0.717) is 10.7 Å². The molecule has 3 aromatic rings. The number of fused-ring (bicyclic) bond motifs is 1. The van der Waals surface area contributed by atoms with E-state index in [9.17, 15) is 17.6 Å². The monoisotopic (exact) mass is 421 g/mol. The van der Waals surface area contributed by atoms with Crippen LogP contribution in [0.5, 0.6) is 0 Å². The summed E-state index contributed by atoms with van der Waals surface area (Å²) in [5.41, 5.74) is 1.07. The van der Waals surface area contributed by atoms with Crippen LogP contribution in [0.4, 0.5) is 10.1 Å². The molecule has 1 aliphatic rings. The number of amides is 1. The smallest absolute Gasteiger partial charge is 0.225 e. The first-order chi connectivity index (χ1) is 12.9. The third-order valence-electron chi connectivity index (χ3n) is 4.44. The van der Waals surface area contributed by atoms with E-state index in [1.807, 2.05) is 0 Å². The predicted octanol–water partition coefficient (Wildman–Crippen LogP) is 4.85. The minimum absolute atomic E-state index is 0.0602. The van der Waals surface area contributed by atoms with E-state index >= 15 is 0 Å². The van der Waals surface area contributed by atoms with Gasteiger partial charge in [-0.1, -0.05) is 23.7 Å². The van der Waals surface area contributed by atoms with Crippen LogP contribution in [0.2, 0.25) is 5.02 Å². The minimum atomic E-state index is -3.81. The maximum absolute atomic E-state index is 13.2. The van der Waals surface area contributed by atoms with Gasteiger partial charge in [0.1, 0.15) is 10.7 Å². The van der Waals surface area contributed by atoms with Gasteiger partial charge in [0.2, 0.25) is 15.7 Å². The van der Waals surface area contributed by atoms with Crippen molar-refractivity contribution in [3.05, 3.63) is 75.2 Å². The molecule has 27 heavy (non-hydrogen) atoms. The summed E-state index contributed by atoms with van der Waals surface area (Å²) in [5.74, 6) is -0.951. The van der Waals surface area contributed by atoms with Crippen LogP contribution in [0.25, 0.3) is 0 Å². The van der Waals surface area contributed by atoms with Crippen molar-refractivity contribution < 1.29 is 17.6 Å². The Morgan fingerprint density at radius 3 is 2.41 bits per heavy atom. The molecular weight excluding hydrogens is 409 g/mol. The molecule has 138 valence electrons. The summed E-state index contributed by atoms with van der Waals surface area (Å²) in [7, 11) is -3.81. The van der Waals surface area contributed by atoms with Crippen LogP contribution in [-0.2, 0) is 14.6 Å². The lowest BCUT2D eigenvalue weighted by Gasteiger charge is -2.23. The molecule has 1 amide bonds. The number of halogens is 2. The highest BCUT2D eigenvalue weighted by Gasteiger charge is 2.34. The third-order valence-corrected chi connectivity index (χ3v) is 7.73. The van der Waals surface area contributed by atoms with Crippen LogP contribution >= 0.6 is 22.9 Å². The molecule has 1 aliphatic heterocycles. The van der Waals surface area contributed by atoms with E-state index in [2.05, 4.69) is 5.32 Å². The number of rotatable bonds is 3. The van der Waals surface area contributed by atoms with Crippen molar-refractivity contribution in [1.82, 2.24) is 0 Å². The van der Waals surface area contributed by atoms with Crippen molar-refractivity contribution in [2.75, 3.05) is 5.32 Å². The number of hydrogen-bond acceptors (Lipinski definition) is 4. The number of hydrogen-bond donors (Lipinski definition) is 1. The Morgan fingerprint density at radius 2 is 1.74 bits per heavy atom. The summed E-state index contributed by atoms with van der Waals surface area (Å²) < 4.78 is 39.3. The van der Waals surface area contributed by atoms with Gasteiger partial charge in [0.25, 0.3) is 0 Å². The lowest BCUT2D eigenvalue weighted by atomic mass is 9.91. The largest absolute Gasteiger partial charge is 0.324 e. The highest BCUT2D eigenvalue weighted by molar-refractivity contribution is 7.91. The van der Waals surface area contributed by atoms with Gasteiger partial charge >= 0.3 is 0 Å². The average Bonchev–Trinajstić information content (AvgIpc) is 3.06. The number of sulfone groups is 1. The van der Waals surface area contributed by atoms with E-state index in [1.54, 1.807) is 12.1 Å². The molecule has 4 nitrogen and oxygen atoms in total. The Bertz CT molecular complexity index is 1120. The molecule has 0 saturated carbocycles. The first-order valence-electron chi connectivity index (χ1n) is 8.03. The Morgan fingerprint density at radius 1 is 1.07 bits per heavy atom. The van der Waals surface area contributed by atoms with Crippen molar-refractivity contribution in [2.45, 2.75) is 22.1 Å². The normalized spacial score (nSPS) is 16.7. The summed E-state index contributed by atoms with van der Waals surface area (Å²) in [5, 5.41) is 4.67. The van der Waals surface area contributed by atoms with Gasteiger partial charge in [0, 0.05) is 27.6 Å². The van der Waals surface area contributed by atoms with Crippen LogP contribution in [-0.4, -0.2) is 14.3 Å². The van der Waals surface area contributed by atoms with E-state index in [4.69, 9.17) is 11.6 Å². The lowest BCUT2D eigenvalue weighted by Crippen LogP contribution is -2.23. The molecule has 0 saturated heterocycles. The molecule has 8 heteroatoms. The standard InChI is InChI=1S/C19H13ClFNO3S2/c20-12-3-7-14(8-4-12)27(24,25)16-10-26-19-15(9-17(23)22-18(16)19)11-1-5-13(21)6-2-11/h1-8,10,15H,9H2,(H,22,23)/t15-/m0/s1. The molecule has 0 fully saturated rings. The van der Waals surface area contributed by atoms with Crippen LogP contribution in [0, 0.1) is 5.82 Å². The molecule has 1 atom stereocenters. The SMILES string of the molecule is O=C1C[C@@H](c2ccc(F)cc2)c2scc(S(=O)(=O)c3ccc(Cl)cc3)c2N1. The number of anilines is 1. The number of carbonyl (C=O) groups excluding carboxylic acids is 1. The second-order valence-electron chi connectivity index (χ2n) is 6.15. The fourth-order valence-electron chi connectivity index (χ4n) is 3.11. The van der Waals surface area contributed by atoms with Gasteiger partial charge in [-0.15, -0.1) is 11.3 Å². The van der Waals surface area contributed by atoms with E-state index in [0.717, 1.165) is 10.4 Å². The molecule has 2 heterocycles. The zero-order valence-corrected chi connectivity index (χ0v) is 16.2. The molecule has 1 N–H and O–H groups in total. The molecule has 0 aliphatic carbocycles. The van der Waals surface area contributed by atoms with Crippen molar-refractivity contribution in [3.63, 3.8) is 0 Å². The van der Waals surface area contributed by atoms with Gasteiger partial charge in [-0.05, 0) is 42.0 Å². The number of carbonyl (C=O) groups is 1. The van der Waals surface area contributed by atoms with Crippen LogP contribution in [0.15, 0.2) is 63.7 Å². The summed E-state index contributed by atoms with van der Waals surface area (Å²) in [6, 6.07) is 11.8. The Balaban J connectivity index is 1.82. The molecule has 2 aromatic carbocycles. The summed E-state index contributed by atoms with van der Waals surface area (Å²) in [6.45, 7) is 0. The maximum atomic E-state index is 13.2. The Labute approximate surface area is 164 Å². The molecular formula is C19H13ClFNO3S2. The summed E-state index contributed by atoms with van der Waals surface area (Å²) in [6.07, 6.45) is 0.180. The highest BCUT2D eigenvalue weighted by Crippen LogP contribution is 2.45. The Kier molecular flexibility index (Phi) is 4.53. The van der Waals surface area contributed by atoms with Gasteiger partial charge in [-0.3, -0.25) is 4.79 Å². The zero-order chi connectivity index (χ0) is 19.2. The third kappa shape index (κ3) is 3.26. The fourth-order valence-corrected chi connectivity index (χ4v) is 6.14. The average molecular weight is 422 g/mol. The fraction of sp³-hybridized carbons (Fsp3) is 0.105. The van der Waals surface area contributed by atoms with Gasteiger partial charge in [0.15, 0.2) is 0 Å². The van der Waals surface area contributed by atoms with E-state index in [-0.39, 0.29) is 33.9 Å². The minimum Gasteiger partial charge on any atom is -0.324 e. The van der Waals surface area contributed by atoms with Crippen molar-refractivity contribution >= 4 is 44.4 Å². The topological polar surface area (TPSA) is 63.2 Å². The number of benzene rings is 2. The van der Waals surface area contributed by atoms with E-state index in [1.165, 1.54) is 53.1 Å².